The quantitative estimate of drug-likeness (QED) is 0.683. The van der Waals surface area contributed by atoms with Crippen molar-refractivity contribution in [3.8, 4) is 5.75 Å². The summed E-state index contributed by atoms with van der Waals surface area (Å²) in [5.74, 6) is 0.941. The molecule has 14 heavy (non-hydrogen) atoms. The maximum absolute atomic E-state index is 5.99. The van der Waals surface area contributed by atoms with E-state index in [4.69, 9.17) is 10.5 Å². The van der Waals surface area contributed by atoms with Crippen LogP contribution in [-0.2, 0) is 0 Å². The van der Waals surface area contributed by atoms with Crippen molar-refractivity contribution in [1.82, 2.24) is 0 Å². The largest absolute Gasteiger partial charge is 0.491 e. The van der Waals surface area contributed by atoms with Crippen LogP contribution in [0.4, 0.5) is 0 Å². The Bertz CT molecular complexity index is 493. The lowest BCUT2D eigenvalue weighted by molar-refractivity contribution is 0.333. The molecule has 0 fully saturated rings. The number of nitrogens with two attached hydrogens (primary N) is 1. The molecule has 2 N–H and O–H groups in total. The van der Waals surface area contributed by atoms with Crippen LogP contribution in [0.2, 0.25) is 0 Å². The fourth-order valence-corrected chi connectivity index (χ4v) is 2.05. The van der Waals surface area contributed by atoms with E-state index in [2.05, 4.69) is 18.2 Å². The molecule has 0 saturated heterocycles. The molecule has 1 atom stereocenters. The Balaban J connectivity index is 2.41. The molecule has 1 heterocycles. The maximum atomic E-state index is 5.99. The fraction of sp³-hybridized carbons (Fsp3) is 0.167. The van der Waals surface area contributed by atoms with Gasteiger partial charge in [0.25, 0.3) is 0 Å². The number of benzene rings is 2. The molecule has 2 nitrogen and oxygen atoms in total. The average Bonchev–Trinajstić information content (AvgIpc) is 2.61. The summed E-state index contributed by atoms with van der Waals surface area (Å²) in [7, 11) is 0. The second kappa shape index (κ2) is 2.72. The predicted molar refractivity (Wildman–Crippen MR) is 56.4 cm³/mol. The van der Waals surface area contributed by atoms with Gasteiger partial charge in [-0.15, -0.1) is 0 Å². The first-order valence-corrected chi connectivity index (χ1v) is 4.76. The third-order valence-electron chi connectivity index (χ3n) is 2.72. The van der Waals surface area contributed by atoms with Gasteiger partial charge in [-0.2, -0.15) is 0 Å². The van der Waals surface area contributed by atoms with E-state index >= 15 is 0 Å². The van der Waals surface area contributed by atoms with E-state index in [9.17, 15) is 0 Å². The summed E-state index contributed by atoms with van der Waals surface area (Å²) >= 11 is 0. The van der Waals surface area contributed by atoms with Crippen molar-refractivity contribution >= 4 is 10.8 Å². The summed E-state index contributed by atoms with van der Waals surface area (Å²) in [6.45, 7) is 0.601. The molecule has 0 saturated carbocycles. The predicted octanol–water partition coefficient (Wildman–Crippen LogP) is 2.23. The zero-order chi connectivity index (χ0) is 9.54. The highest BCUT2D eigenvalue weighted by molar-refractivity contribution is 5.88. The summed E-state index contributed by atoms with van der Waals surface area (Å²) in [6, 6.07) is 12.4. The van der Waals surface area contributed by atoms with E-state index in [1.807, 2.05) is 18.2 Å². The van der Waals surface area contributed by atoms with Gasteiger partial charge in [-0.3, -0.25) is 0 Å². The molecule has 0 aromatic heterocycles. The van der Waals surface area contributed by atoms with Gasteiger partial charge in [0.2, 0.25) is 0 Å². The van der Waals surface area contributed by atoms with Crippen molar-refractivity contribution < 1.29 is 4.74 Å². The van der Waals surface area contributed by atoms with Gasteiger partial charge in [-0.25, -0.2) is 0 Å². The van der Waals surface area contributed by atoms with Gasteiger partial charge in [-0.05, 0) is 16.8 Å². The number of fused-ring (bicyclic) bond motifs is 3. The molecule has 70 valence electrons. The minimum atomic E-state index is 0.0242. The number of ether oxygens (including phenoxy) is 1. The lowest BCUT2D eigenvalue weighted by atomic mass is 10.0. The Morgan fingerprint density at radius 1 is 1.14 bits per heavy atom. The Morgan fingerprint density at radius 2 is 2.00 bits per heavy atom. The second-order valence-electron chi connectivity index (χ2n) is 3.62. The van der Waals surface area contributed by atoms with E-state index < -0.39 is 0 Å². The van der Waals surface area contributed by atoms with Gasteiger partial charge >= 0.3 is 0 Å². The van der Waals surface area contributed by atoms with E-state index in [0.717, 1.165) is 11.3 Å². The SMILES string of the molecule is N[C@H]1COc2ccc3ccccc3c21. The molecule has 2 aromatic rings. The molecule has 1 aliphatic heterocycles. The Morgan fingerprint density at radius 3 is 2.93 bits per heavy atom. The summed E-state index contributed by atoms with van der Waals surface area (Å²) in [6.07, 6.45) is 0. The van der Waals surface area contributed by atoms with Crippen LogP contribution in [0.5, 0.6) is 5.75 Å². The van der Waals surface area contributed by atoms with Crippen LogP contribution in [0.15, 0.2) is 36.4 Å². The van der Waals surface area contributed by atoms with Crippen LogP contribution in [-0.4, -0.2) is 6.61 Å². The molecule has 1 aliphatic rings. The maximum Gasteiger partial charge on any atom is 0.124 e. The molecule has 0 amide bonds. The van der Waals surface area contributed by atoms with Crippen molar-refractivity contribution in [2.75, 3.05) is 6.61 Å². The van der Waals surface area contributed by atoms with Crippen LogP contribution in [0.25, 0.3) is 10.8 Å². The van der Waals surface area contributed by atoms with Crippen molar-refractivity contribution in [3.05, 3.63) is 42.0 Å². The highest BCUT2D eigenvalue weighted by Crippen LogP contribution is 2.36. The number of hydrogen-bond acceptors (Lipinski definition) is 2. The molecule has 0 spiro atoms. The van der Waals surface area contributed by atoms with Gasteiger partial charge in [0, 0.05) is 5.56 Å². The van der Waals surface area contributed by atoms with E-state index in [1.165, 1.54) is 10.8 Å². The van der Waals surface area contributed by atoms with Crippen molar-refractivity contribution in [1.29, 1.82) is 0 Å². The third-order valence-corrected chi connectivity index (χ3v) is 2.72. The van der Waals surface area contributed by atoms with E-state index in [1.54, 1.807) is 0 Å². The molecule has 0 aliphatic carbocycles. The van der Waals surface area contributed by atoms with E-state index in [-0.39, 0.29) is 6.04 Å². The molecular formula is C12H11NO. The van der Waals surface area contributed by atoms with Gasteiger partial charge < -0.3 is 10.5 Å². The van der Waals surface area contributed by atoms with E-state index in [0.29, 0.717) is 6.61 Å². The third kappa shape index (κ3) is 0.946. The van der Waals surface area contributed by atoms with Gasteiger partial charge in [0.05, 0.1) is 6.04 Å². The molecule has 2 heteroatoms. The monoisotopic (exact) mass is 185 g/mol. The van der Waals surface area contributed by atoms with Crippen LogP contribution >= 0.6 is 0 Å². The van der Waals surface area contributed by atoms with Crippen molar-refractivity contribution in [2.45, 2.75) is 6.04 Å². The zero-order valence-corrected chi connectivity index (χ0v) is 7.73. The van der Waals surface area contributed by atoms with Crippen LogP contribution in [0, 0.1) is 0 Å². The number of hydrogen-bond donors (Lipinski definition) is 1. The molecular weight excluding hydrogens is 174 g/mol. The standard InChI is InChI=1S/C12H11NO/c13-10-7-14-11-6-5-8-3-1-2-4-9(8)12(10)11/h1-6,10H,7,13H2/t10-/m0/s1. The summed E-state index contributed by atoms with van der Waals surface area (Å²) in [4.78, 5) is 0. The van der Waals surface area contributed by atoms with Crippen LogP contribution in [0.1, 0.15) is 11.6 Å². The Hall–Kier alpha value is -1.54. The van der Waals surface area contributed by atoms with Gasteiger partial charge in [0.15, 0.2) is 0 Å². The van der Waals surface area contributed by atoms with Gasteiger partial charge in [-0.1, -0.05) is 30.3 Å². The summed E-state index contributed by atoms with van der Waals surface area (Å²) in [5, 5.41) is 2.45. The highest BCUT2D eigenvalue weighted by atomic mass is 16.5. The molecule has 3 rings (SSSR count). The smallest absolute Gasteiger partial charge is 0.124 e. The first-order chi connectivity index (χ1) is 6.86. The zero-order valence-electron chi connectivity index (χ0n) is 7.73. The molecule has 2 aromatic carbocycles. The molecule has 0 radical (unpaired) electrons. The minimum absolute atomic E-state index is 0.0242. The second-order valence-corrected chi connectivity index (χ2v) is 3.62. The Labute approximate surface area is 82.3 Å². The fourth-order valence-electron chi connectivity index (χ4n) is 2.05. The van der Waals surface area contributed by atoms with Crippen molar-refractivity contribution in [3.63, 3.8) is 0 Å². The summed E-state index contributed by atoms with van der Waals surface area (Å²) in [5.41, 5.74) is 7.14. The normalized spacial score (nSPS) is 19.4. The van der Waals surface area contributed by atoms with Crippen LogP contribution < -0.4 is 10.5 Å². The number of rotatable bonds is 0. The Kier molecular flexibility index (Phi) is 1.52. The van der Waals surface area contributed by atoms with Crippen molar-refractivity contribution in [2.24, 2.45) is 5.73 Å². The first-order valence-electron chi connectivity index (χ1n) is 4.76. The molecule has 0 unspecified atom stereocenters. The highest BCUT2D eigenvalue weighted by Gasteiger charge is 2.22. The van der Waals surface area contributed by atoms with Crippen LogP contribution in [0.3, 0.4) is 0 Å². The average molecular weight is 185 g/mol. The lowest BCUT2D eigenvalue weighted by Gasteiger charge is -2.05. The topological polar surface area (TPSA) is 35.2 Å². The first kappa shape index (κ1) is 7.83. The lowest BCUT2D eigenvalue weighted by Crippen LogP contribution is -2.11. The minimum Gasteiger partial charge on any atom is -0.491 e. The summed E-state index contributed by atoms with van der Waals surface area (Å²) < 4.78 is 5.49. The molecule has 0 bridgehead atoms. The van der Waals surface area contributed by atoms with Gasteiger partial charge in [0.1, 0.15) is 12.4 Å².